The summed E-state index contributed by atoms with van der Waals surface area (Å²) in [5.41, 5.74) is 5.50. The van der Waals surface area contributed by atoms with E-state index in [1.165, 1.54) is 43.6 Å². The van der Waals surface area contributed by atoms with Crippen molar-refractivity contribution in [3.63, 3.8) is 0 Å². The zero-order valence-corrected chi connectivity index (χ0v) is 9.89. The van der Waals surface area contributed by atoms with Gasteiger partial charge in [-0.2, -0.15) is 9.36 Å². The standard InChI is InChI=1S/C10H18N4S/c1-2-7-5-3-4-6-8(7)12-10-13-9(11)14-15-10/h7-8H,2-6H2,1H3,(H3,11,12,13,14). The summed E-state index contributed by atoms with van der Waals surface area (Å²) in [7, 11) is 0. The highest BCUT2D eigenvalue weighted by Crippen LogP contribution is 2.29. The highest BCUT2D eigenvalue weighted by molar-refractivity contribution is 7.09. The van der Waals surface area contributed by atoms with E-state index in [1.807, 2.05) is 0 Å². The van der Waals surface area contributed by atoms with Crippen LogP contribution in [-0.2, 0) is 0 Å². The normalized spacial score (nSPS) is 26.5. The maximum absolute atomic E-state index is 5.50. The molecule has 1 heterocycles. The van der Waals surface area contributed by atoms with E-state index < -0.39 is 0 Å². The summed E-state index contributed by atoms with van der Waals surface area (Å²) in [6.07, 6.45) is 6.52. The molecule has 1 aliphatic carbocycles. The number of anilines is 2. The molecule has 1 saturated carbocycles. The van der Waals surface area contributed by atoms with E-state index in [2.05, 4.69) is 21.6 Å². The van der Waals surface area contributed by atoms with Crippen LogP contribution in [0.15, 0.2) is 0 Å². The Morgan fingerprint density at radius 2 is 2.27 bits per heavy atom. The molecule has 0 saturated heterocycles. The molecule has 4 nitrogen and oxygen atoms in total. The monoisotopic (exact) mass is 226 g/mol. The molecule has 1 aliphatic rings. The van der Waals surface area contributed by atoms with Crippen LogP contribution in [0.25, 0.3) is 0 Å². The predicted molar refractivity (Wildman–Crippen MR) is 64.0 cm³/mol. The summed E-state index contributed by atoms with van der Waals surface area (Å²) in [6.45, 7) is 2.26. The SMILES string of the molecule is CCC1CCCCC1Nc1nc(N)ns1. The first-order valence-electron chi connectivity index (χ1n) is 5.65. The Morgan fingerprint density at radius 3 is 2.93 bits per heavy atom. The summed E-state index contributed by atoms with van der Waals surface area (Å²) in [5.74, 6) is 1.16. The summed E-state index contributed by atoms with van der Waals surface area (Å²) in [6, 6.07) is 0.566. The first-order chi connectivity index (χ1) is 7.29. The van der Waals surface area contributed by atoms with E-state index in [-0.39, 0.29) is 0 Å². The molecular weight excluding hydrogens is 208 g/mol. The lowest BCUT2D eigenvalue weighted by atomic mass is 9.83. The smallest absolute Gasteiger partial charge is 0.233 e. The zero-order chi connectivity index (χ0) is 10.7. The number of nitrogens with zero attached hydrogens (tertiary/aromatic N) is 2. The second-order valence-corrected chi connectivity index (χ2v) is 4.91. The molecule has 5 heteroatoms. The Labute approximate surface area is 94.5 Å². The number of hydrogen-bond donors (Lipinski definition) is 2. The van der Waals surface area contributed by atoms with Crippen LogP contribution in [0.4, 0.5) is 11.1 Å². The van der Waals surface area contributed by atoms with Crippen LogP contribution < -0.4 is 11.1 Å². The van der Waals surface area contributed by atoms with Gasteiger partial charge in [-0.1, -0.05) is 26.2 Å². The Morgan fingerprint density at radius 1 is 1.47 bits per heavy atom. The number of nitrogen functional groups attached to an aromatic ring is 1. The third kappa shape index (κ3) is 2.59. The number of hydrogen-bond acceptors (Lipinski definition) is 5. The van der Waals surface area contributed by atoms with Gasteiger partial charge in [0, 0.05) is 17.6 Å². The maximum Gasteiger partial charge on any atom is 0.233 e. The van der Waals surface area contributed by atoms with Gasteiger partial charge in [0.05, 0.1) is 0 Å². The van der Waals surface area contributed by atoms with E-state index in [0.29, 0.717) is 12.0 Å². The van der Waals surface area contributed by atoms with Crippen molar-refractivity contribution in [3.05, 3.63) is 0 Å². The van der Waals surface area contributed by atoms with Crippen LogP contribution in [0.1, 0.15) is 39.0 Å². The van der Waals surface area contributed by atoms with Crippen LogP contribution in [-0.4, -0.2) is 15.4 Å². The molecule has 1 aromatic heterocycles. The molecule has 1 aromatic rings. The average molecular weight is 226 g/mol. The zero-order valence-electron chi connectivity index (χ0n) is 9.07. The molecule has 2 unspecified atom stereocenters. The molecule has 0 amide bonds. The minimum absolute atomic E-state index is 0.381. The van der Waals surface area contributed by atoms with Crippen molar-refractivity contribution in [1.29, 1.82) is 0 Å². The molecule has 2 rings (SSSR count). The topological polar surface area (TPSA) is 63.8 Å². The van der Waals surface area contributed by atoms with Crippen molar-refractivity contribution in [2.75, 3.05) is 11.1 Å². The van der Waals surface area contributed by atoms with E-state index in [1.54, 1.807) is 0 Å². The van der Waals surface area contributed by atoms with Gasteiger partial charge in [-0.15, -0.1) is 0 Å². The van der Waals surface area contributed by atoms with Gasteiger partial charge in [-0.25, -0.2) is 0 Å². The third-order valence-corrected chi connectivity index (χ3v) is 3.84. The van der Waals surface area contributed by atoms with Gasteiger partial charge < -0.3 is 11.1 Å². The summed E-state index contributed by atoms with van der Waals surface area (Å²) in [5, 5.41) is 4.34. The van der Waals surface area contributed by atoms with Crippen molar-refractivity contribution in [3.8, 4) is 0 Å². The fraction of sp³-hybridized carbons (Fsp3) is 0.800. The van der Waals surface area contributed by atoms with Gasteiger partial charge >= 0.3 is 0 Å². The van der Waals surface area contributed by atoms with Gasteiger partial charge in [-0.3, -0.25) is 0 Å². The fourth-order valence-electron chi connectivity index (χ4n) is 2.34. The van der Waals surface area contributed by atoms with E-state index in [9.17, 15) is 0 Å². The van der Waals surface area contributed by atoms with Crippen molar-refractivity contribution in [2.45, 2.75) is 45.1 Å². The molecule has 0 aliphatic heterocycles. The quantitative estimate of drug-likeness (QED) is 0.831. The Kier molecular flexibility index (Phi) is 3.41. The lowest BCUT2D eigenvalue weighted by molar-refractivity contribution is 0.317. The molecule has 15 heavy (non-hydrogen) atoms. The summed E-state index contributed by atoms with van der Waals surface area (Å²) < 4.78 is 3.98. The minimum atomic E-state index is 0.381. The van der Waals surface area contributed by atoms with E-state index >= 15 is 0 Å². The predicted octanol–water partition coefficient (Wildman–Crippen LogP) is 2.50. The fourth-order valence-corrected chi connectivity index (χ4v) is 2.90. The molecule has 0 aromatic carbocycles. The van der Waals surface area contributed by atoms with Crippen LogP contribution in [0.2, 0.25) is 0 Å². The van der Waals surface area contributed by atoms with Crippen LogP contribution in [0, 0.1) is 5.92 Å². The first kappa shape index (κ1) is 10.7. The molecule has 0 radical (unpaired) electrons. The first-order valence-corrected chi connectivity index (χ1v) is 6.42. The maximum atomic E-state index is 5.50. The van der Waals surface area contributed by atoms with Crippen molar-refractivity contribution < 1.29 is 0 Å². The van der Waals surface area contributed by atoms with Gasteiger partial charge in [0.25, 0.3) is 0 Å². The van der Waals surface area contributed by atoms with Gasteiger partial charge in [0.15, 0.2) is 0 Å². The van der Waals surface area contributed by atoms with E-state index in [0.717, 1.165) is 11.0 Å². The second kappa shape index (κ2) is 4.79. The van der Waals surface area contributed by atoms with Gasteiger partial charge in [-0.05, 0) is 18.8 Å². The van der Waals surface area contributed by atoms with Crippen molar-refractivity contribution in [1.82, 2.24) is 9.36 Å². The average Bonchev–Trinajstić information content (AvgIpc) is 2.65. The Hall–Kier alpha value is -0.840. The van der Waals surface area contributed by atoms with Crippen LogP contribution >= 0.6 is 11.5 Å². The third-order valence-electron chi connectivity index (χ3n) is 3.18. The molecular formula is C10H18N4S. The highest BCUT2D eigenvalue weighted by Gasteiger charge is 2.24. The van der Waals surface area contributed by atoms with Crippen LogP contribution in [0.5, 0.6) is 0 Å². The Balaban J connectivity index is 1.97. The largest absolute Gasteiger partial charge is 0.367 e. The van der Waals surface area contributed by atoms with E-state index in [4.69, 9.17) is 5.73 Å². The lowest BCUT2D eigenvalue weighted by Crippen LogP contribution is -2.31. The molecule has 84 valence electrons. The van der Waals surface area contributed by atoms with Crippen LogP contribution in [0.3, 0.4) is 0 Å². The summed E-state index contributed by atoms with van der Waals surface area (Å²) >= 11 is 1.36. The number of nitrogens with one attached hydrogen (secondary N) is 1. The number of nitrogens with two attached hydrogens (primary N) is 1. The Bertz CT molecular complexity index is 312. The molecule has 1 fully saturated rings. The number of rotatable bonds is 3. The number of aromatic nitrogens is 2. The van der Waals surface area contributed by atoms with Gasteiger partial charge in [0.1, 0.15) is 0 Å². The highest BCUT2D eigenvalue weighted by atomic mass is 32.1. The second-order valence-electron chi connectivity index (χ2n) is 4.16. The van der Waals surface area contributed by atoms with Crippen molar-refractivity contribution in [2.24, 2.45) is 5.92 Å². The molecule has 0 bridgehead atoms. The molecule has 0 spiro atoms. The van der Waals surface area contributed by atoms with Gasteiger partial charge in [0.2, 0.25) is 11.1 Å². The lowest BCUT2D eigenvalue weighted by Gasteiger charge is -2.31. The minimum Gasteiger partial charge on any atom is -0.367 e. The molecule has 3 N–H and O–H groups in total. The summed E-state index contributed by atoms with van der Waals surface area (Å²) in [4.78, 5) is 4.15. The molecule has 2 atom stereocenters. The van der Waals surface area contributed by atoms with Crippen molar-refractivity contribution >= 4 is 22.6 Å².